The first-order chi connectivity index (χ1) is 12.1. The number of carbonyl (C=O) groups excluding carboxylic acids is 1. The zero-order chi connectivity index (χ0) is 19.6. The van der Waals surface area contributed by atoms with Crippen LogP contribution < -0.4 is 15.8 Å². The Kier molecular flexibility index (Phi) is 8.77. The fourth-order valence-corrected chi connectivity index (χ4v) is 1.82. The third-order valence-electron chi connectivity index (χ3n) is 3.21. The van der Waals surface area contributed by atoms with Crippen LogP contribution >= 0.6 is 0 Å². The summed E-state index contributed by atoms with van der Waals surface area (Å²) in [5, 5.41) is 3.06. The standard InChI is InChI=1S/C17H20N2O2.CH4O3S/c1-13(17(18)20)19-11-14-7-9-16(10-8-14)21-12-15-5-3-2-4-6-15;1-5(2,3)4/h2-10,13,19H,11-12H2,1H3,(H2,18,20);1H3,(H,2,3,4)/t13-;/m0./s1. The van der Waals surface area contributed by atoms with Crippen molar-refractivity contribution in [2.45, 2.75) is 26.1 Å². The highest BCUT2D eigenvalue weighted by Crippen LogP contribution is 2.14. The highest BCUT2D eigenvalue weighted by atomic mass is 32.2. The monoisotopic (exact) mass is 380 g/mol. The second kappa shape index (κ2) is 10.5. The van der Waals surface area contributed by atoms with Gasteiger partial charge in [-0.1, -0.05) is 42.5 Å². The summed E-state index contributed by atoms with van der Waals surface area (Å²) in [6, 6.07) is 17.5. The zero-order valence-electron chi connectivity index (χ0n) is 14.8. The van der Waals surface area contributed by atoms with Crippen LogP contribution in [0.1, 0.15) is 18.1 Å². The minimum absolute atomic E-state index is 0.334. The fourth-order valence-electron chi connectivity index (χ4n) is 1.82. The molecule has 0 spiro atoms. The van der Waals surface area contributed by atoms with Gasteiger partial charge in [0, 0.05) is 6.54 Å². The van der Waals surface area contributed by atoms with Crippen LogP contribution in [-0.2, 0) is 28.1 Å². The number of ether oxygens (including phenoxy) is 1. The number of hydrogen-bond donors (Lipinski definition) is 3. The van der Waals surface area contributed by atoms with Crippen molar-refractivity contribution in [3.05, 3.63) is 65.7 Å². The lowest BCUT2D eigenvalue weighted by Crippen LogP contribution is -2.38. The van der Waals surface area contributed by atoms with Crippen LogP contribution in [0.25, 0.3) is 0 Å². The summed E-state index contributed by atoms with van der Waals surface area (Å²) in [5.41, 5.74) is 7.41. The topological polar surface area (TPSA) is 119 Å². The molecular formula is C18H24N2O5S. The Bertz CT molecular complexity index is 769. The molecule has 0 fully saturated rings. The van der Waals surface area contributed by atoms with E-state index in [0.29, 0.717) is 19.4 Å². The number of hydrogen-bond acceptors (Lipinski definition) is 5. The van der Waals surface area contributed by atoms with E-state index in [4.69, 9.17) is 15.0 Å². The van der Waals surface area contributed by atoms with Gasteiger partial charge in [0.2, 0.25) is 5.91 Å². The Morgan fingerprint density at radius 2 is 1.65 bits per heavy atom. The lowest BCUT2D eigenvalue weighted by molar-refractivity contribution is -0.119. The number of nitrogens with one attached hydrogen (secondary N) is 1. The van der Waals surface area contributed by atoms with Crippen LogP contribution in [0.5, 0.6) is 5.75 Å². The van der Waals surface area contributed by atoms with Crippen molar-refractivity contribution >= 4 is 16.0 Å². The molecule has 2 aromatic rings. The number of benzene rings is 2. The highest BCUT2D eigenvalue weighted by Gasteiger charge is 2.06. The molecule has 0 heterocycles. The van der Waals surface area contributed by atoms with E-state index in [-0.39, 0.29) is 11.9 Å². The summed E-state index contributed by atoms with van der Waals surface area (Å²) in [6.45, 7) is 2.90. The second-order valence-electron chi connectivity index (χ2n) is 5.66. The first kappa shape index (κ1) is 21.6. The zero-order valence-corrected chi connectivity index (χ0v) is 15.6. The van der Waals surface area contributed by atoms with E-state index in [1.54, 1.807) is 6.92 Å². The maximum atomic E-state index is 10.9. The third-order valence-corrected chi connectivity index (χ3v) is 3.21. The Balaban J connectivity index is 0.000000597. The molecule has 0 saturated heterocycles. The van der Waals surface area contributed by atoms with Gasteiger partial charge in [0.05, 0.1) is 12.3 Å². The quantitative estimate of drug-likeness (QED) is 0.630. The van der Waals surface area contributed by atoms with Gasteiger partial charge in [0.15, 0.2) is 0 Å². The van der Waals surface area contributed by atoms with E-state index in [2.05, 4.69) is 5.32 Å². The number of carbonyl (C=O) groups is 1. The molecule has 2 rings (SSSR count). The van der Waals surface area contributed by atoms with Crippen molar-refractivity contribution < 1.29 is 22.5 Å². The van der Waals surface area contributed by atoms with Gasteiger partial charge in [-0.05, 0) is 30.2 Å². The first-order valence-electron chi connectivity index (χ1n) is 7.86. The minimum Gasteiger partial charge on any atom is -0.489 e. The van der Waals surface area contributed by atoms with E-state index in [1.807, 2.05) is 54.6 Å². The molecule has 7 nitrogen and oxygen atoms in total. The molecule has 0 unspecified atom stereocenters. The maximum Gasteiger partial charge on any atom is 0.261 e. The van der Waals surface area contributed by atoms with Gasteiger partial charge in [-0.3, -0.25) is 9.35 Å². The number of primary amides is 1. The minimum atomic E-state index is -3.67. The molecule has 0 aliphatic rings. The summed E-state index contributed by atoms with van der Waals surface area (Å²) in [5.74, 6) is 0.475. The van der Waals surface area contributed by atoms with Crippen LogP contribution in [0, 0.1) is 0 Å². The van der Waals surface area contributed by atoms with Gasteiger partial charge in [0.1, 0.15) is 12.4 Å². The molecule has 0 aliphatic carbocycles. The summed E-state index contributed by atoms with van der Waals surface area (Å²) in [7, 11) is -3.67. The summed E-state index contributed by atoms with van der Waals surface area (Å²) in [4.78, 5) is 10.9. The second-order valence-corrected chi connectivity index (χ2v) is 7.12. The highest BCUT2D eigenvalue weighted by molar-refractivity contribution is 7.85. The van der Waals surface area contributed by atoms with Crippen LogP contribution in [0.15, 0.2) is 54.6 Å². The lowest BCUT2D eigenvalue weighted by atomic mass is 10.2. The van der Waals surface area contributed by atoms with Crippen molar-refractivity contribution in [1.29, 1.82) is 0 Å². The molecule has 0 saturated carbocycles. The Morgan fingerprint density at radius 1 is 1.12 bits per heavy atom. The van der Waals surface area contributed by atoms with Crippen LogP contribution in [0.3, 0.4) is 0 Å². The molecule has 1 amide bonds. The van der Waals surface area contributed by atoms with E-state index < -0.39 is 10.1 Å². The largest absolute Gasteiger partial charge is 0.489 e. The predicted octanol–water partition coefficient (Wildman–Crippen LogP) is 1.73. The Labute approximate surface area is 153 Å². The molecule has 0 aromatic heterocycles. The van der Waals surface area contributed by atoms with Crippen LogP contribution in [0.4, 0.5) is 0 Å². The van der Waals surface area contributed by atoms with Crippen LogP contribution in [0.2, 0.25) is 0 Å². The number of rotatable bonds is 7. The Hall–Kier alpha value is -2.42. The summed E-state index contributed by atoms with van der Waals surface area (Å²) >= 11 is 0. The van der Waals surface area contributed by atoms with E-state index in [9.17, 15) is 13.2 Å². The average Bonchev–Trinajstić information content (AvgIpc) is 2.58. The van der Waals surface area contributed by atoms with E-state index >= 15 is 0 Å². The van der Waals surface area contributed by atoms with Crippen molar-refractivity contribution in [1.82, 2.24) is 5.32 Å². The lowest BCUT2D eigenvalue weighted by Gasteiger charge is -2.11. The van der Waals surface area contributed by atoms with Gasteiger partial charge in [-0.15, -0.1) is 0 Å². The molecule has 2 aromatic carbocycles. The number of nitrogens with two attached hydrogens (primary N) is 1. The molecular weight excluding hydrogens is 356 g/mol. The summed E-state index contributed by atoms with van der Waals surface area (Å²) in [6.07, 6.45) is 0.715. The molecule has 8 heteroatoms. The molecule has 0 radical (unpaired) electrons. The van der Waals surface area contributed by atoms with Gasteiger partial charge < -0.3 is 15.8 Å². The molecule has 4 N–H and O–H groups in total. The maximum absolute atomic E-state index is 10.9. The normalized spacial score (nSPS) is 11.8. The van der Waals surface area contributed by atoms with Crippen LogP contribution in [-0.4, -0.2) is 31.2 Å². The van der Waals surface area contributed by atoms with Gasteiger partial charge in [-0.2, -0.15) is 8.42 Å². The smallest absolute Gasteiger partial charge is 0.261 e. The molecule has 142 valence electrons. The van der Waals surface area contributed by atoms with Crippen molar-refractivity contribution in [2.75, 3.05) is 6.26 Å². The van der Waals surface area contributed by atoms with Gasteiger partial charge in [-0.25, -0.2) is 0 Å². The molecule has 1 atom stereocenters. The van der Waals surface area contributed by atoms with Crippen molar-refractivity contribution in [2.24, 2.45) is 5.73 Å². The van der Waals surface area contributed by atoms with Gasteiger partial charge >= 0.3 is 0 Å². The molecule has 26 heavy (non-hydrogen) atoms. The molecule has 0 bridgehead atoms. The fraction of sp³-hybridized carbons (Fsp3) is 0.278. The first-order valence-corrected chi connectivity index (χ1v) is 9.71. The molecule has 0 aliphatic heterocycles. The SMILES string of the molecule is CS(=O)(=O)O.C[C@H](NCc1ccc(OCc2ccccc2)cc1)C(N)=O. The van der Waals surface area contributed by atoms with Crippen molar-refractivity contribution in [3.8, 4) is 5.75 Å². The van der Waals surface area contributed by atoms with E-state index in [0.717, 1.165) is 16.9 Å². The third kappa shape index (κ3) is 10.4. The predicted molar refractivity (Wildman–Crippen MR) is 100 cm³/mol. The Morgan fingerprint density at radius 3 is 2.15 bits per heavy atom. The average molecular weight is 380 g/mol. The van der Waals surface area contributed by atoms with Crippen molar-refractivity contribution in [3.63, 3.8) is 0 Å². The van der Waals surface area contributed by atoms with E-state index in [1.165, 1.54) is 0 Å². The van der Waals surface area contributed by atoms with Gasteiger partial charge in [0.25, 0.3) is 10.1 Å². The summed E-state index contributed by atoms with van der Waals surface area (Å²) < 4.78 is 31.6. The number of amides is 1.